The zero-order chi connectivity index (χ0) is 10.4. The van der Waals surface area contributed by atoms with Crippen LogP contribution in [0.3, 0.4) is 0 Å². The first kappa shape index (κ1) is 9.78. The van der Waals surface area contributed by atoms with Gasteiger partial charge in [0.15, 0.2) is 0 Å². The second-order valence-corrected chi connectivity index (χ2v) is 2.41. The monoisotopic (exact) mass is 184 g/mol. The van der Waals surface area contributed by atoms with Crippen molar-refractivity contribution >= 4 is 0 Å². The summed E-state index contributed by atoms with van der Waals surface area (Å²) in [7, 11) is 0. The summed E-state index contributed by atoms with van der Waals surface area (Å²) < 4.78 is 13.0. The Morgan fingerprint density at radius 1 is 1.29 bits per heavy atom. The Bertz CT molecular complexity index is 481. The average Bonchev–Trinajstić information content (AvgIpc) is 2.18. The van der Waals surface area contributed by atoms with Crippen molar-refractivity contribution in [3.63, 3.8) is 0 Å². The van der Waals surface area contributed by atoms with Gasteiger partial charge in [-0.05, 0) is 12.1 Å². The van der Waals surface area contributed by atoms with Crippen molar-refractivity contribution in [3.05, 3.63) is 35.1 Å². The zero-order valence-electron chi connectivity index (χ0n) is 7.21. The molecule has 0 fully saturated rings. The van der Waals surface area contributed by atoms with Crippen molar-refractivity contribution in [2.75, 3.05) is 0 Å². The van der Waals surface area contributed by atoms with Gasteiger partial charge in [-0.1, -0.05) is 17.9 Å². The molecular formula is C11H5FN2. The highest BCUT2D eigenvalue weighted by Gasteiger charge is 2.04. The molecule has 1 aromatic carbocycles. The van der Waals surface area contributed by atoms with Crippen LogP contribution in [0.5, 0.6) is 0 Å². The van der Waals surface area contributed by atoms with Gasteiger partial charge in [0.2, 0.25) is 0 Å². The van der Waals surface area contributed by atoms with Gasteiger partial charge in [0.25, 0.3) is 0 Å². The van der Waals surface area contributed by atoms with Crippen molar-refractivity contribution < 1.29 is 4.39 Å². The van der Waals surface area contributed by atoms with E-state index in [1.807, 2.05) is 6.07 Å². The number of halogens is 1. The average molecular weight is 184 g/mol. The lowest BCUT2D eigenvalue weighted by molar-refractivity contribution is 0.623. The Kier molecular flexibility index (Phi) is 3.25. The molecule has 0 saturated carbocycles. The molecule has 0 aromatic heterocycles. The normalized spacial score (nSPS) is 7.93. The van der Waals surface area contributed by atoms with Crippen molar-refractivity contribution in [3.8, 4) is 24.0 Å². The minimum absolute atomic E-state index is 0.0708. The highest BCUT2D eigenvalue weighted by atomic mass is 19.1. The minimum Gasteiger partial charge on any atom is -0.205 e. The molecule has 0 unspecified atom stereocenters. The Labute approximate surface area is 81.2 Å². The van der Waals surface area contributed by atoms with E-state index in [2.05, 4.69) is 11.8 Å². The van der Waals surface area contributed by atoms with Crippen LogP contribution in [-0.4, -0.2) is 0 Å². The van der Waals surface area contributed by atoms with Crippen LogP contribution in [0.25, 0.3) is 0 Å². The van der Waals surface area contributed by atoms with Crippen LogP contribution in [0, 0.1) is 40.3 Å². The van der Waals surface area contributed by atoms with E-state index in [-0.39, 0.29) is 12.0 Å². The van der Waals surface area contributed by atoms with Gasteiger partial charge in [0.1, 0.15) is 17.4 Å². The van der Waals surface area contributed by atoms with Gasteiger partial charge in [0, 0.05) is 5.56 Å². The highest BCUT2D eigenvalue weighted by molar-refractivity contribution is 5.48. The van der Waals surface area contributed by atoms with E-state index in [0.717, 1.165) is 0 Å². The summed E-state index contributed by atoms with van der Waals surface area (Å²) in [5, 5.41) is 16.9. The third-order valence-electron chi connectivity index (χ3n) is 1.52. The van der Waals surface area contributed by atoms with Gasteiger partial charge in [-0.25, -0.2) is 4.39 Å². The van der Waals surface area contributed by atoms with Crippen LogP contribution in [0.1, 0.15) is 17.5 Å². The molecule has 2 nitrogen and oxygen atoms in total. The van der Waals surface area contributed by atoms with Gasteiger partial charge >= 0.3 is 0 Å². The maximum atomic E-state index is 13.0. The molecule has 14 heavy (non-hydrogen) atoms. The summed E-state index contributed by atoms with van der Waals surface area (Å²) in [4.78, 5) is 0. The lowest BCUT2D eigenvalue weighted by Gasteiger charge is -1.94. The number of hydrogen-bond acceptors (Lipinski definition) is 2. The molecule has 0 heterocycles. The van der Waals surface area contributed by atoms with Crippen molar-refractivity contribution in [2.24, 2.45) is 0 Å². The summed E-state index contributed by atoms with van der Waals surface area (Å²) in [5.74, 6) is 4.51. The Morgan fingerprint density at radius 3 is 2.71 bits per heavy atom. The summed E-state index contributed by atoms with van der Waals surface area (Å²) >= 11 is 0. The van der Waals surface area contributed by atoms with Crippen molar-refractivity contribution in [1.29, 1.82) is 10.5 Å². The Morgan fingerprint density at radius 2 is 2.07 bits per heavy atom. The smallest absolute Gasteiger partial charge is 0.142 e. The largest absolute Gasteiger partial charge is 0.205 e. The fourth-order valence-electron chi connectivity index (χ4n) is 0.921. The van der Waals surface area contributed by atoms with E-state index in [0.29, 0.717) is 5.56 Å². The molecule has 0 N–H and O–H groups in total. The van der Waals surface area contributed by atoms with E-state index in [1.165, 1.54) is 12.1 Å². The van der Waals surface area contributed by atoms with E-state index in [9.17, 15) is 4.39 Å². The molecule has 66 valence electrons. The maximum absolute atomic E-state index is 13.0. The highest BCUT2D eigenvalue weighted by Crippen LogP contribution is 2.10. The fourth-order valence-corrected chi connectivity index (χ4v) is 0.921. The van der Waals surface area contributed by atoms with Gasteiger partial charge < -0.3 is 0 Å². The van der Waals surface area contributed by atoms with Gasteiger partial charge in [-0.15, -0.1) is 0 Å². The minimum atomic E-state index is -0.587. The first-order valence-electron chi connectivity index (χ1n) is 3.84. The van der Waals surface area contributed by atoms with Crippen LogP contribution in [0.15, 0.2) is 18.2 Å². The molecule has 1 rings (SSSR count). The van der Waals surface area contributed by atoms with Gasteiger partial charge in [-0.2, -0.15) is 10.5 Å². The lowest BCUT2D eigenvalue weighted by Crippen LogP contribution is -1.88. The number of hydrogen-bond donors (Lipinski definition) is 0. The predicted octanol–water partition coefficient (Wildman–Crippen LogP) is 1.96. The Hall–Kier alpha value is -2.31. The number of rotatable bonds is 0. The third-order valence-corrected chi connectivity index (χ3v) is 1.52. The molecule has 0 aliphatic rings. The molecule has 0 aliphatic heterocycles. The quantitative estimate of drug-likeness (QED) is 0.578. The fraction of sp³-hybridized carbons (Fsp3) is 0.0909. The van der Waals surface area contributed by atoms with Crippen LogP contribution >= 0.6 is 0 Å². The number of nitriles is 2. The second kappa shape index (κ2) is 4.65. The number of nitrogens with zero attached hydrogens (tertiary/aromatic N) is 2. The van der Waals surface area contributed by atoms with Gasteiger partial charge in [-0.3, -0.25) is 0 Å². The standard InChI is InChI=1S/C11H5FN2/c12-11-6-3-5-9(10(11)8-14)4-1-2-7-13/h3,5-6H,2H2. The summed E-state index contributed by atoms with van der Waals surface area (Å²) in [6, 6.07) is 7.80. The molecule has 1 aromatic rings. The SMILES string of the molecule is N#CCC#Cc1cccc(F)c1C#N. The third kappa shape index (κ3) is 2.09. The predicted molar refractivity (Wildman–Crippen MR) is 48.2 cm³/mol. The molecule has 0 radical (unpaired) electrons. The lowest BCUT2D eigenvalue weighted by atomic mass is 10.1. The first-order valence-corrected chi connectivity index (χ1v) is 3.84. The first-order chi connectivity index (χ1) is 6.79. The maximum Gasteiger partial charge on any atom is 0.142 e. The molecule has 0 atom stereocenters. The molecular weight excluding hydrogens is 179 g/mol. The summed E-state index contributed by atoms with van der Waals surface area (Å²) in [6.45, 7) is 0. The van der Waals surface area contributed by atoms with E-state index < -0.39 is 5.82 Å². The topological polar surface area (TPSA) is 47.6 Å². The van der Waals surface area contributed by atoms with Crippen molar-refractivity contribution in [2.45, 2.75) is 6.42 Å². The summed E-state index contributed by atoms with van der Waals surface area (Å²) in [5.41, 5.74) is 0.251. The van der Waals surface area contributed by atoms with E-state index in [1.54, 1.807) is 12.1 Å². The van der Waals surface area contributed by atoms with E-state index >= 15 is 0 Å². The second-order valence-electron chi connectivity index (χ2n) is 2.41. The van der Waals surface area contributed by atoms with E-state index in [4.69, 9.17) is 10.5 Å². The van der Waals surface area contributed by atoms with Crippen molar-refractivity contribution in [1.82, 2.24) is 0 Å². The molecule has 3 heteroatoms. The molecule has 0 saturated heterocycles. The number of benzene rings is 1. The molecule has 0 bridgehead atoms. The van der Waals surface area contributed by atoms with Crippen LogP contribution in [0.4, 0.5) is 4.39 Å². The van der Waals surface area contributed by atoms with Crippen LogP contribution < -0.4 is 0 Å². The van der Waals surface area contributed by atoms with Crippen LogP contribution in [0.2, 0.25) is 0 Å². The zero-order valence-corrected chi connectivity index (χ0v) is 7.21. The van der Waals surface area contributed by atoms with Crippen LogP contribution in [-0.2, 0) is 0 Å². The van der Waals surface area contributed by atoms with Gasteiger partial charge in [0.05, 0.1) is 12.5 Å². The molecule has 0 amide bonds. The summed E-state index contributed by atoms with van der Waals surface area (Å²) in [6.07, 6.45) is 0.0708. The molecule has 0 aliphatic carbocycles. The Balaban J connectivity index is 3.13. The molecule has 0 spiro atoms.